The van der Waals surface area contributed by atoms with E-state index in [-0.39, 0.29) is 18.5 Å². The SMILES string of the molecule is C1=CC2=CC=C(C3NC(c4ccccc4)NC(C4C=Cc5c(ccc6ccc7sc8ccccc8c7c56)C4)N3)CC2C=C1. The van der Waals surface area contributed by atoms with E-state index in [2.05, 4.69) is 143 Å². The van der Waals surface area contributed by atoms with E-state index in [0.29, 0.717) is 11.8 Å². The first-order chi connectivity index (χ1) is 21.3. The molecule has 0 bridgehead atoms. The van der Waals surface area contributed by atoms with Crippen molar-refractivity contribution in [3.05, 3.63) is 149 Å². The minimum absolute atomic E-state index is 0.0636. The van der Waals surface area contributed by atoms with Gasteiger partial charge in [0.05, 0.1) is 18.5 Å². The van der Waals surface area contributed by atoms with Crippen molar-refractivity contribution < 1.29 is 0 Å². The summed E-state index contributed by atoms with van der Waals surface area (Å²) in [6, 6.07) is 29.0. The van der Waals surface area contributed by atoms with Crippen LogP contribution in [-0.4, -0.2) is 12.3 Å². The summed E-state index contributed by atoms with van der Waals surface area (Å²) in [6.45, 7) is 0. The van der Waals surface area contributed by atoms with Gasteiger partial charge in [0.1, 0.15) is 0 Å². The minimum Gasteiger partial charge on any atom is -0.282 e. The monoisotopic (exact) mass is 575 g/mol. The van der Waals surface area contributed by atoms with Crippen molar-refractivity contribution in [1.29, 1.82) is 0 Å². The molecule has 4 aromatic carbocycles. The summed E-state index contributed by atoms with van der Waals surface area (Å²) in [5, 5.41) is 17.3. The Morgan fingerprint density at radius 1 is 0.651 bits per heavy atom. The molecule has 3 N–H and O–H groups in total. The lowest BCUT2D eigenvalue weighted by Gasteiger charge is -2.44. The van der Waals surface area contributed by atoms with Crippen LogP contribution >= 0.6 is 11.3 Å². The van der Waals surface area contributed by atoms with Gasteiger partial charge in [-0.2, -0.15) is 0 Å². The Kier molecular flexibility index (Phi) is 6.09. The first kappa shape index (κ1) is 25.4. The molecule has 4 heteroatoms. The third kappa shape index (κ3) is 4.37. The molecule has 4 aliphatic rings. The molecule has 210 valence electrons. The fourth-order valence-electron chi connectivity index (χ4n) is 7.51. The molecular formula is C39H33N3S. The van der Waals surface area contributed by atoms with Gasteiger partial charge in [-0.1, -0.05) is 115 Å². The van der Waals surface area contributed by atoms with Gasteiger partial charge >= 0.3 is 0 Å². The van der Waals surface area contributed by atoms with E-state index in [9.17, 15) is 0 Å². The average molecular weight is 576 g/mol. The van der Waals surface area contributed by atoms with Crippen LogP contribution in [0.5, 0.6) is 0 Å². The number of hydrogen-bond donors (Lipinski definition) is 3. The van der Waals surface area contributed by atoms with Crippen molar-refractivity contribution in [1.82, 2.24) is 16.0 Å². The molecule has 1 saturated heterocycles. The van der Waals surface area contributed by atoms with Gasteiger partial charge in [-0.05, 0) is 63.6 Å². The maximum absolute atomic E-state index is 3.99. The number of fused-ring (bicyclic) bond motifs is 8. The van der Waals surface area contributed by atoms with Crippen LogP contribution in [0.15, 0.2) is 133 Å². The number of hydrogen-bond acceptors (Lipinski definition) is 4. The van der Waals surface area contributed by atoms with Crippen LogP contribution in [0.3, 0.4) is 0 Å². The van der Waals surface area contributed by atoms with Crippen LogP contribution < -0.4 is 16.0 Å². The summed E-state index contributed by atoms with van der Waals surface area (Å²) in [5.74, 6) is 0.781. The van der Waals surface area contributed by atoms with Gasteiger partial charge < -0.3 is 0 Å². The second-order valence-corrected chi connectivity index (χ2v) is 13.3. The van der Waals surface area contributed by atoms with E-state index in [4.69, 9.17) is 0 Å². The maximum Gasteiger partial charge on any atom is 0.0862 e. The molecule has 3 aliphatic carbocycles. The zero-order valence-corrected chi connectivity index (χ0v) is 24.7. The summed E-state index contributed by atoms with van der Waals surface area (Å²) >= 11 is 1.90. The number of nitrogens with one attached hydrogen (secondary N) is 3. The Balaban J connectivity index is 1.08. The molecule has 9 rings (SSSR count). The predicted molar refractivity (Wildman–Crippen MR) is 182 cm³/mol. The lowest BCUT2D eigenvalue weighted by Crippen LogP contribution is -2.66. The van der Waals surface area contributed by atoms with E-state index < -0.39 is 0 Å². The quantitative estimate of drug-likeness (QED) is 0.202. The smallest absolute Gasteiger partial charge is 0.0862 e. The van der Waals surface area contributed by atoms with Gasteiger partial charge in [0, 0.05) is 32.0 Å². The molecule has 0 spiro atoms. The maximum atomic E-state index is 3.99. The van der Waals surface area contributed by atoms with Crippen LogP contribution in [0.2, 0.25) is 0 Å². The van der Waals surface area contributed by atoms with E-state index in [1.807, 2.05) is 11.3 Å². The molecular weight excluding hydrogens is 543 g/mol. The molecule has 3 nitrogen and oxygen atoms in total. The lowest BCUT2D eigenvalue weighted by molar-refractivity contribution is 0.183. The van der Waals surface area contributed by atoms with Crippen LogP contribution in [0, 0.1) is 11.8 Å². The first-order valence-electron chi connectivity index (χ1n) is 15.4. The zero-order valence-electron chi connectivity index (χ0n) is 23.8. The van der Waals surface area contributed by atoms with E-state index in [0.717, 1.165) is 12.8 Å². The van der Waals surface area contributed by atoms with Crippen molar-refractivity contribution in [2.75, 3.05) is 0 Å². The topological polar surface area (TPSA) is 36.1 Å². The Morgan fingerprint density at radius 2 is 1.51 bits per heavy atom. The van der Waals surface area contributed by atoms with Crippen molar-refractivity contribution >= 4 is 48.4 Å². The molecule has 0 saturated carbocycles. The number of rotatable bonds is 3. The molecule has 1 aliphatic heterocycles. The Labute approximate surface area is 256 Å². The molecule has 1 aromatic heterocycles. The van der Waals surface area contributed by atoms with Crippen molar-refractivity contribution in [3.8, 4) is 0 Å². The highest BCUT2D eigenvalue weighted by molar-refractivity contribution is 7.26. The largest absolute Gasteiger partial charge is 0.282 e. The van der Waals surface area contributed by atoms with Gasteiger partial charge in [0.15, 0.2) is 0 Å². The Hall–Kier alpha value is -4.06. The summed E-state index contributed by atoms with van der Waals surface area (Å²) in [5.41, 5.74) is 6.91. The fraction of sp³-hybridized carbons (Fsp3) is 0.179. The minimum atomic E-state index is 0.0636. The van der Waals surface area contributed by atoms with E-state index in [1.54, 1.807) is 0 Å². The van der Waals surface area contributed by atoms with E-state index in [1.165, 1.54) is 58.8 Å². The summed E-state index contributed by atoms with van der Waals surface area (Å²) < 4.78 is 2.73. The molecule has 5 aromatic rings. The van der Waals surface area contributed by atoms with Crippen LogP contribution in [0.1, 0.15) is 29.3 Å². The van der Waals surface area contributed by atoms with Gasteiger partial charge in [-0.3, -0.25) is 16.0 Å². The molecule has 0 radical (unpaired) electrons. The van der Waals surface area contributed by atoms with Crippen LogP contribution in [-0.2, 0) is 6.42 Å². The van der Waals surface area contributed by atoms with Crippen LogP contribution in [0.4, 0.5) is 0 Å². The van der Waals surface area contributed by atoms with E-state index >= 15 is 0 Å². The number of allylic oxidation sites excluding steroid dienone is 7. The van der Waals surface area contributed by atoms with Crippen molar-refractivity contribution in [2.24, 2.45) is 11.8 Å². The molecule has 2 heterocycles. The second kappa shape index (κ2) is 10.3. The van der Waals surface area contributed by atoms with Crippen molar-refractivity contribution in [3.63, 3.8) is 0 Å². The highest BCUT2D eigenvalue weighted by Gasteiger charge is 2.35. The molecule has 5 atom stereocenters. The van der Waals surface area contributed by atoms with Gasteiger partial charge in [0.2, 0.25) is 0 Å². The number of benzene rings is 4. The highest BCUT2D eigenvalue weighted by atomic mass is 32.1. The molecule has 43 heavy (non-hydrogen) atoms. The Bertz CT molecular complexity index is 2040. The predicted octanol–water partition coefficient (Wildman–Crippen LogP) is 8.53. The average Bonchev–Trinajstić information content (AvgIpc) is 3.47. The van der Waals surface area contributed by atoms with Gasteiger partial charge in [-0.25, -0.2) is 0 Å². The highest BCUT2D eigenvalue weighted by Crippen LogP contribution is 2.42. The summed E-state index contributed by atoms with van der Waals surface area (Å²) in [4.78, 5) is 0. The first-order valence-corrected chi connectivity index (χ1v) is 16.2. The molecule has 1 fully saturated rings. The van der Waals surface area contributed by atoms with Crippen LogP contribution in [0.25, 0.3) is 37.0 Å². The molecule has 5 unspecified atom stereocenters. The second-order valence-electron chi connectivity index (χ2n) is 12.2. The summed E-state index contributed by atoms with van der Waals surface area (Å²) in [7, 11) is 0. The third-order valence-electron chi connectivity index (χ3n) is 9.70. The summed E-state index contributed by atoms with van der Waals surface area (Å²) in [6.07, 6.45) is 20.7. The fourth-order valence-corrected chi connectivity index (χ4v) is 8.63. The standard InChI is InChI=1S/C39H33N3S/c1-2-9-26(10-3-1)37-40-38(29-17-14-24-8-4-5-11-27(24)22-29)42-39(41-37)30-18-20-31-28(23-30)16-15-25-19-21-34-36(35(25)31)32-12-6-7-13-33(32)43-34/h1-21,27,30,37-42H,22-23H2. The lowest BCUT2D eigenvalue weighted by atomic mass is 9.82. The molecule has 0 amide bonds. The normalized spacial score (nSPS) is 26.4. The van der Waals surface area contributed by atoms with Gasteiger partial charge in [0.25, 0.3) is 0 Å². The zero-order chi connectivity index (χ0) is 28.3. The number of thiophene rings is 1. The Morgan fingerprint density at radius 3 is 2.47 bits per heavy atom. The third-order valence-corrected chi connectivity index (χ3v) is 10.8. The van der Waals surface area contributed by atoms with Crippen molar-refractivity contribution in [2.45, 2.75) is 31.3 Å². The van der Waals surface area contributed by atoms with Gasteiger partial charge in [-0.15, -0.1) is 11.3 Å².